The summed E-state index contributed by atoms with van der Waals surface area (Å²) in [5.41, 5.74) is 5.40. The molecule has 0 aromatic heterocycles. The predicted octanol–water partition coefficient (Wildman–Crippen LogP) is -0.933. The topological polar surface area (TPSA) is 49.6 Å². The van der Waals surface area contributed by atoms with Crippen molar-refractivity contribution in [2.75, 3.05) is 33.4 Å². The van der Waals surface area contributed by atoms with Crippen LogP contribution in [0.2, 0.25) is 0 Å². The Balaban J connectivity index is 2.50. The van der Waals surface area contributed by atoms with E-state index in [-0.39, 0.29) is 5.91 Å². The third kappa shape index (κ3) is 2.17. The molecule has 1 aliphatic rings. The molecule has 1 rings (SSSR count). The third-order valence-electron chi connectivity index (χ3n) is 1.95. The molecule has 11 heavy (non-hydrogen) atoms. The molecule has 2 N–H and O–H groups in total. The van der Waals surface area contributed by atoms with Crippen molar-refractivity contribution >= 4 is 5.91 Å². The Hall–Kier alpha value is -0.610. The second-order valence-corrected chi connectivity index (χ2v) is 2.93. The molecule has 0 radical (unpaired) electrons. The lowest BCUT2D eigenvalue weighted by molar-refractivity contribution is -0.130. The molecule has 0 saturated carbocycles. The predicted molar refractivity (Wildman–Crippen MR) is 42.9 cm³/mol. The van der Waals surface area contributed by atoms with Gasteiger partial charge in [0.2, 0.25) is 5.91 Å². The molecule has 1 saturated heterocycles. The van der Waals surface area contributed by atoms with Crippen LogP contribution in [-0.4, -0.2) is 49.1 Å². The first-order valence-electron chi connectivity index (χ1n) is 3.90. The zero-order chi connectivity index (χ0) is 8.27. The molecule has 0 atom stereocenters. The molecule has 0 aromatic carbocycles. The van der Waals surface area contributed by atoms with Crippen LogP contribution in [0.1, 0.15) is 6.42 Å². The van der Waals surface area contributed by atoms with Gasteiger partial charge in [0.1, 0.15) is 0 Å². The lowest BCUT2D eigenvalue weighted by Gasteiger charge is -2.17. The zero-order valence-electron chi connectivity index (χ0n) is 6.92. The van der Waals surface area contributed by atoms with Crippen LogP contribution >= 0.6 is 0 Å². The van der Waals surface area contributed by atoms with Crippen molar-refractivity contribution < 1.29 is 4.79 Å². The fourth-order valence-electron chi connectivity index (χ4n) is 1.26. The Morgan fingerprint density at radius 3 is 2.91 bits per heavy atom. The highest BCUT2D eigenvalue weighted by molar-refractivity contribution is 5.78. The number of nitrogens with two attached hydrogens (primary N) is 1. The lowest BCUT2D eigenvalue weighted by Crippen LogP contribution is -2.38. The highest BCUT2D eigenvalue weighted by Crippen LogP contribution is 1.99. The van der Waals surface area contributed by atoms with Gasteiger partial charge in [-0.05, 0) is 13.5 Å². The van der Waals surface area contributed by atoms with E-state index >= 15 is 0 Å². The van der Waals surface area contributed by atoms with Gasteiger partial charge in [0.25, 0.3) is 0 Å². The van der Waals surface area contributed by atoms with Crippen LogP contribution in [0.5, 0.6) is 0 Å². The standard InChI is InChI=1S/C7H15N3O/c1-9-3-2-4-10(6-8)7(11)5-9/h2-6,8H2,1H3. The van der Waals surface area contributed by atoms with Gasteiger partial charge in [-0.25, -0.2) is 0 Å². The summed E-state index contributed by atoms with van der Waals surface area (Å²) in [6.45, 7) is 2.66. The summed E-state index contributed by atoms with van der Waals surface area (Å²) < 4.78 is 0. The van der Waals surface area contributed by atoms with Crippen molar-refractivity contribution in [1.29, 1.82) is 0 Å². The average Bonchev–Trinajstić information content (AvgIpc) is 2.11. The van der Waals surface area contributed by atoms with E-state index in [0.717, 1.165) is 19.5 Å². The maximum atomic E-state index is 11.3. The summed E-state index contributed by atoms with van der Waals surface area (Å²) in [6.07, 6.45) is 1.03. The fourth-order valence-corrected chi connectivity index (χ4v) is 1.26. The molecule has 1 amide bonds. The molecule has 4 nitrogen and oxygen atoms in total. The highest BCUT2D eigenvalue weighted by Gasteiger charge is 2.17. The summed E-state index contributed by atoms with van der Waals surface area (Å²) in [5, 5.41) is 0. The van der Waals surface area contributed by atoms with Crippen molar-refractivity contribution in [3.8, 4) is 0 Å². The van der Waals surface area contributed by atoms with Crippen molar-refractivity contribution in [2.45, 2.75) is 6.42 Å². The summed E-state index contributed by atoms with van der Waals surface area (Å²) in [6, 6.07) is 0. The van der Waals surface area contributed by atoms with E-state index in [0.29, 0.717) is 13.2 Å². The van der Waals surface area contributed by atoms with E-state index in [2.05, 4.69) is 0 Å². The molecule has 0 aliphatic carbocycles. The van der Waals surface area contributed by atoms with Crippen LogP contribution in [0.3, 0.4) is 0 Å². The Kier molecular flexibility index (Phi) is 2.84. The molecular weight excluding hydrogens is 142 g/mol. The van der Waals surface area contributed by atoms with Gasteiger partial charge in [-0.3, -0.25) is 9.69 Å². The monoisotopic (exact) mass is 157 g/mol. The van der Waals surface area contributed by atoms with E-state index < -0.39 is 0 Å². The fraction of sp³-hybridized carbons (Fsp3) is 0.857. The number of carbonyl (C=O) groups excluding carboxylic acids is 1. The number of carbonyl (C=O) groups is 1. The number of rotatable bonds is 1. The minimum absolute atomic E-state index is 0.146. The van der Waals surface area contributed by atoms with Crippen LogP contribution in [0.4, 0.5) is 0 Å². The van der Waals surface area contributed by atoms with E-state index in [1.807, 2.05) is 11.9 Å². The average molecular weight is 157 g/mol. The summed E-state index contributed by atoms with van der Waals surface area (Å²) in [4.78, 5) is 15.0. The van der Waals surface area contributed by atoms with Crippen molar-refractivity contribution in [2.24, 2.45) is 5.73 Å². The van der Waals surface area contributed by atoms with Crippen LogP contribution in [-0.2, 0) is 4.79 Å². The van der Waals surface area contributed by atoms with Gasteiger partial charge in [0, 0.05) is 13.1 Å². The molecule has 64 valence electrons. The van der Waals surface area contributed by atoms with E-state index in [4.69, 9.17) is 5.73 Å². The molecule has 0 bridgehead atoms. The number of nitrogens with zero attached hydrogens (tertiary/aromatic N) is 2. The van der Waals surface area contributed by atoms with Crippen LogP contribution < -0.4 is 5.73 Å². The normalized spacial score (nSPS) is 22.0. The van der Waals surface area contributed by atoms with E-state index in [9.17, 15) is 4.79 Å². The van der Waals surface area contributed by atoms with E-state index in [1.54, 1.807) is 4.90 Å². The van der Waals surface area contributed by atoms with Crippen LogP contribution in [0.15, 0.2) is 0 Å². The van der Waals surface area contributed by atoms with Crippen molar-refractivity contribution in [3.05, 3.63) is 0 Å². The third-order valence-corrected chi connectivity index (χ3v) is 1.95. The SMILES string of the molecule is CN1CCCN(CN)C(=O)C1. The minimum Gasteiger partial charge on any atom is -0.329 e. The molecule has 1 aliphatic heterocycles. The van der Waals surface area contributed by atoms with Crippen molar-refractivity contribution in [1.82, 2.24) is 9.80 Å². The Labute approximate surface area is 66.9 Å². The quantitative estimate of drug-likeness (QED) is 0.535. The van der Waals surface area contributed by atoms with Crippen molar-refractivity contribution in [3.63, 3.8) is 0 Å². The lowest BCUT2D eigenvalue weighted by atomic mass is 10.4. The molecule has 4 heteroatoms. The number of amides is 1. The summed E-state index contributed by atoms with van der Waals surface area (Å²) >= 11 is 0. The molecule has 0 unspecified atom stereocenters. The van der Waals surface area contributed by atoms with Gasteiger partial charge in [-0.1, -0.05) is 0 Å². The second kappa shape index (κ2) is 3.69. The van der Waals surface area contributed by atoms with E-state index in [1.165, 1.54) is 0 Å². The first-order valence-corrected chi connectivity index (χ1v) is 3.90. The molecule has 1 fully saturated rings. The van der Waals surface area contributed by atoms with Crippen LogP contribution in [0.25, 0.3) is 0 Å². The van der Waals surface area contributed by atoms with Gasteiger partial charge in [-0.2, -0.15) is 0 Å². The first kappa shape index (κ1) is 8.49. The van der Waals surface area contributed by atoms with Gasteiger partial charge in [-0.15, -0.1) is 0 Å². The zero-order valence-corrected chi connectivity index (χ0v) is 6.92. The minimum atomic E-state index is 0.146. The summed E-state index contributed by atoms with van der Waals surface area (Å²) in [7, 11) is 1.96. The van der Waals surface area contributed by atoms with Gasteiger partial charge >= 0.3 is 0 Å². The Morgan fingerprint density at radius 2 is 2.27 bits per heavy atom. The highest BCUT2D eigenvalue weighted by atomic mass is 16.2. The molecule has 0 spiro atoms. The number of hydrogen-bond acceptors (Lipinski definition) is 3. The Morgan fingerprint density at radius 1 is 1.55 bits per heavy atom. The smallest absolute Gasteiger partial charge is 0.237 e. The first-order chi connectivity index (χ1) is 5.24. The number of likely N-dealkylation sites (N-methyl/N-ethyl adjacent to an activating group) is 1. The second-order valence-electron chi connectivity index (χ2n) is 2.93. The Bertz CT molecular complexity index is 149. The van der Waals surface area contributed by atoms with Gasteiger partial charge in [0.05, 0.1) is 13.2 Å². The summed E-state index contributed by atoms with van der Waals surface area (Å²) in [5.74, 6) is 0.146. The van der Waals surface area contributed by atoms with Crippen LogP contribution in [0, 0.1) is 0 Å². The molecule has 1 heterocycles. The van der Waals surface area contributed by atoms with Gasteiger partial charge < -0.3 is 10.6 Å². The maximum absolute atomic E-state index is 11.3. The maximum Gasteiger partial charge on any atom is 0.237 e. The molecular formula is C7H15N3O. The largest absolute Gasteiger partial charge is 0.329 e. The number of hydrogen-bond donors (Lipinski definition) is 1. The van der Waals surface area contributed by atoms with Gasteiger partial charge in [0.15, 0.2) is 0 Å². The molecule has 0 aromatic rings.